The van der Waals surface area contributed by atoms with Crippen molar-refractivity contribution in [1.29, 1.82) is 0 Å². The van der Waals surface area contributed by atoms with Gasteiger partial charge in [0.25, 0.3) is 11.8 Å². The normalized spacial score (nSPS) is 11.6. The van der Waals surface area contributed by atoms with Crippen LogP contribution in [-0.4, -0.2) is 24.5 Å². The first-order valence-corrected chi connectivity index (χ1v) is 9.37. The molecule has 3 rings (SSSR count). The highest BCUT2D eigenvalue weighted by Crippen LogP contribution is 2.20. The van der Waals surface area contributed by atoms with Crippen LogP contribution >= 0.6 is 0 Å². The number of carbonyl (C=O) groups is 2. The van der Waals surface area contributed by atoms with Gasteiger partial charge in [-0.1, -0.05) is 37.3 Å². The van der Waals surface area contributed by atoms with Crippen LogP contribution in [0, 0.1) is 0 Å². The summed E-state index contributed by atoms with van der Waals surface area (Å²) in [6.07, 6.45) is 0.872. The lowest BCUT2D eigenvalue weighted by molar-refractivity contribution is -0.118. The summed E-state index contributed by atoms with van der Waals surface area (Å²) in [7, 11) is 0. The molecule has 2 N–H and O–H groups in total. The van der Waals surface area contributed by atoms with Crippen molar-refractivity contribution in [2.45, 2.75) is 26.3 Å². The Labute approximate surface area is 164 Å². The second-order valence-corrected chi connectivity index (χ2v) is 6.71. The van der Waals surface area contributed by atoms with Crippen molar-refractivity contribution in [2.75, 3.05) is 11.9 Å². The van der Waals surface area contributed by atoms with Crippen LogP contribution in [-0.2, 0) is 4.79 Å². The first-order chi connectivity index (χ1) is 13.5. The fraction of sp³-hybridized carbons (Fsp3) is 0.217. The van der Waals surface area contributed by atoms with Crippen molar-refractivity contribution < 1.29 is 14.3 Å². The molecule has 3 aromatic rings. The van der Waals surface area contributed by atoms with Gasteiger partial charge in [0.2, 0.25) is 0 Å². The summed E-state index contributed by atoms with van der Waals surface area (Å²) in [5, 5.41) is 7.87. The largest absolute Gasteiger partial charge is 0.484 e. The van der Waals surface area contributed by atoms with Crippen LogP contribution in [0.4, 0.5) is 5.69 Å². The molecule has 1 unspecified atom stereocenters. The highest BCUT2D eigenvalue weighted by atomic mass is 16.5. The van der Waals surface area contributed by atoms with Gasteiger partial charge in [-0.3, -0.25) is 9.59 Å². The summed E-state index contributed by atoms with van der Waals surface area (Å²) < 4.78 is 5.59. The van der Waals surface area contributed by atoms with Crippen LogP contribution in [0.25, 0.3) is 10.8 Å². The summed E-state index contributed by atoms with van der Waals surface area (Å²) in [6.45, 7) is 3.89. The van der Waals surface area contributed by atoms with Gasteiger partial charge in [-0.2, -0.15) is 0 Å². The number of ether oxygens (including phenoxy) is 1. The first-order valence-electron chi connectivity index (χ1n) is 9.37. The summed E-state index contributed by atoms with van der Waals surface area (Å²) >= 11 is 0. The van der Waals surface area contributed by atoms with Gasteiger partial charge in [0.05, 0.1) is 0 Å². The molecule has 0 aliphatic heterocycles. The number of fused-ring (bicyclic) bond motifs is 1. The molecule has 0 aliphatic rings. The van der Waals surface area contributed by atoms with E-state index in [-0.39, 0.29) is 24.5 Å². The minimum Gasteiger partial charge on any atom is -0.484 e. The van der Waals surface area contributed by atoms with Gasteiger partial charge in [-0.05, 0) is 60.5 Å². The topological polar surface area (TPSA) is 67.4 Å². The summed E-state index contributed by atoms with van der Waals surface area (Å²) in [6, 6.07) is 20.6. The van der Waals surface area contributed by atoms with Crippen LogP contribution < -0.4 is 15.4 Å². The maximum Gasteiger partial charge on any atom is 0.262 e. The zero-order valence-corrected chi connectivity index (χ0v) is 16.1. The Morgan fingerprint density at radius 1 is 0.964 bits per heavy atom. The van der Waals surface area contributed by atoms with Crippen LogP contribution in [0.15, 0.2) is 66.7 Å². The van der Waals surface area contributed by atoms with Crippen LogP contribution in [0.1, 0.15) is 30.6 Å². The van der Waals surface area contributed by atoms with E-state index < -0.39 is 0 Å². The predicted molar refractivity (Wildman–Crippen MR) is 112 cm³/mol. The number of amides is 2. The number of nitrogens with one attached hydrogen (secondary N) is 2. The van der Waals surface area contributed by atoms with E-state index in [0.717, 1.165) is 17.2 Å². The smallest absolute Gasteiger partial charge is 0.262 e. The number of carbonyl (C=O) groups excluding carboxylic acids is 2. The molecule has 0 heterocycles. The second kappa shape index (κ2) is 9.04. The van der Waals surface area contributed by atoms with Gasteiger partial charge in [0.1, 0.15) is 5.75 Å². The molecule has 2 amide bonds. The zero-order chi connectivity index (χ0) is 19.9. The highest BCUT2D eigenvalue weighted by Gasteiger charge is 2.09. The zero-order valence-electron chi connectivity index (χ0n) is 16.1. The van der Waals surface area contributed by atoms with E-state index in [0.29, 0.717) is 17.0 Å². The summed E-state index contributed by atoms with van der Waals surface area (Å²) in [5.41, 5.74) is 1.18. The molecule has 0 aliphatic carbocycles. The van der Waals surface area contributed by atoms with Crippen molar-refractivity contribution in [3.05, 3.63) is 72.3 Å². The number of anilines is 1. The Bertz CT molecular complexity index is 967. The molecule has 0 radical (unpaired) electrons. The Morgan fingerprint density at radius 2 is 1.68 bits per heavy atom. The predicted octanol–water partition coefficient (Wildman–Crippen LogP) is 4.39. The molecule has 0 saturated carbocycles. The third-order valence-electron chi connectivity index (χ3n) is 4.51. The van der Waals surface area contributed by atoms with Gasteiger partial charge >= 0.3 is 0 Å². The van der Waals surface area contributed by atoms with Crippen molar-refractivity contribution in [3.8, 4) is 5.75 Å². The maximum atomic E-state index is 12.1. The minimum atomic E-state index is -0.259. The van der Waals surface area contributed by atoms with Gasteiger partial charge in [-0.15, -0.1) is 0 Å². The van der Waals surface area contributed by atoms with Crippen LogP contribution in [0.5, 0.6) is 5.75 Å². The molecule has 0 bridgehead atoms. The first kappa shape index (κ1) is 19.4. The van der Waals surface area contributed by atoms with Gasteiger partial charge < -0.3 is 15.4 Å². The standard InChI is InChI=1S/C23H24N2O3/c1-3-16(2)24-23(27)18-8-11-20(12-9-18)25-22(26)15-28-21-13-10-17-6-4-5-7-19(17)14-21/h4-14,16H,3,15H2,1-2H3,(H,24,27)(H,25,26). The molecule has 5 heteroatoms. The fourth-order valence-corrected chi connectivity index (χ4v) is 2.72. The number of hydrogen-bond donors (Lipinski definition) is 2. The number of hydrogen-bond acceptors (Lipinski definition) is 3. The lowest BCUT2D eigenvalue weighted by Gasteiger charge is -2.12. The van der Waals surface area contributed by atoms with Gasteiger partial charge in [-0.25, -0.2) is 0 Å². The second-order valence-electron chi connectivity index (χ2n) is 6.71. The molecule has 0 fully saturated rings. The van der Waals surface area contributed by atoms with Crippen molar-refractivity contribution >= 4 is 28.3 Å². The third-order valence-corrected chi connectivity index (χ3v) is 4.51. The van der Waals surface area contributed by atoms with E-state index in [1.54, 1.807) is 24.3 Å². The maximum absolute atomic E-state index is 12.1. The molecule has 0 aromatic heterocycles. The third kappa shape index (κ3) is 5.10. The van der Waals surface area contributed by atoms with Crippen LogP contribution in [0.2, 0.25) is 0 Å². The fourth-order valence-electron chi connectivity index (χ4n) is 2.72. The average molecular weight is 376 g/mol. The summed E-state index contributed by atoms with van der Waals surface area (Å²) in [5.74, 6) is 0.266. The van der Waals surface area contributed by atoms with Gasteiger partial charge in [0.15, 0.2) is 6.61 Å². The number of benzene rings is 3. The molecule has 0 saturated heterocycles. The Kier molecular flexibility index (Phi) is 6.27. The van der Waals surface area contributed by atoms with E-state index in [1.165, 1.54) is 0 Å². The average Bonchev–Trinajstić information content (AvgIpc) is 2.72. The van der Waals surface area contributed by atoms with Crippen molar-refractivity contribution in [1.82, 2.24) is 5.32 Å². The quantitative estimate of drug-likeness (QED) is 0.643. The minimum absolute atomic E-state index is 0.0887. The highest BCUT2D eigenvalue weighted by molar-refractivity contribution is 5.96. The van der Waals surface area contributed by atoms with E-state index >= 15 is 0 Å². The van der Waals surface area contributed by atoms with E-state index in [2.05, 4.69) is 10.6 Å². The van der Waals surface area contributed by atoms with Gasteiger partial charge in [0, 0.05) is 17.3 Å². The lowest BCUT2D eigenvalue weighted by Crippen LogP contribution is -2.31. The SMILES string of the molecule is CCC(C)NC(=O)c1ccc(NC(=O)COc2ccc3ccccc3c2)cc1. The van der Waals surface area contributed by atoms with Crippen LogP contribution in [0.3, 0.4) is 0 Å². The molecule has 0 spiro atoms. The Morgan fingerprint density at radius 3 is 2.39 bits per heavy atom. The Hall–Kier alpha value is -3.34. The van der Waals surface area contributed by atoms with E-state index in [1.807, 2.05) is 56.3 Å². The summed E-state index contributed by atoms with van der Waals surface area (Å²) in [4.78, 5) is 24.2. The molecule has 1 atom stereocenters. The molecular weight excluding hydrogens is 352 g/mol. The molecule has 5 nitrogen and oxygen atoms in total. The molecule has 144 valence electrons. The lowest BCUT2D eigenvalue weighted by atomic mass is 10.1. The van der Waals surface area contributed by atoms with E-state index in [9.17, 15) is 9.59 Å². The monoisotopic (exact) mass is 376 g/mol. The Balaban J connectivity index is 1.53. The number of rotatable bonds is 7. The van der Waals surface area contributed by atoms with Crippen molar-refractivity contribution in [2.24, 2.45) is 0 Å². The van der Waals surface area contributed by atoms with E-state index in [4.69, 9.17) is 4.74 Å². The molecule has 3 aromatic carbocycles. The van der Waals surface area contributed by atoms with Crippen molar-refractivity contribution in [3.63, 3.8) is 0 Å². The molecule has 28 heavy (non-hydrogen) atoms. The molecular formula is C23H24N2O3.